The molecule has 0 saturated carbocycles. The van der Waals surface area contributed by atoms with Gasteiger partial charge in [0.05, 0.1) is 22.4 Å². The first-order valence-electron chi connectivity index (χ1n) is 7.57. The summed E-state index contributed by atoms with van der Waals surface area (Å²) >= 11 is 0. The van der Waals surface area contributed by atoms with Crippen molar-refractivity contribution in [2.24, 2.45) is 0 Å². The van der Waals surface area contributed by atoms with Crippen molar-refractivity contribution in [3.63, 3.8) is 0 Å². The zero-order chi connectivity index (χ0) is 16.1. The molecule has 4 aromatic rings. The molecule has 0 bridgehead atoms. The number of halogens is 1. The van der Waals surface area contributed by atoms with E-state index in [1.807, 2.05) is 36.4 Å². The molecule has 4 rings (SSSR count). The second-order valence-corrected chi connectivity index (χ2v) is 5.88. The van der Waals surface area contributed by atoms with Crippen LogP contribution in [0.4, 0.5) is 4.39 Å². The Morgan fingerprint density at radius 2 is 1.65 bits per heavy atom. The van der Waals surface area contributed by atoms with E-state index in [-0.39, 0.29) is 5.82 Å². The maximum absolute atomic E-state index is 14.2. The Labute approximate surface area is 133 Å². The Kier molecular flexibility index (Phi) is 2.94. The van der Waals surface area contributed by atoms with E-state index in [0.29, 0.717) is 5.52 Å². The van der Waals surface area contributed by atoms with Gasteiger partial charge in [-0.2, -0.15) is 0 Å². The number of aromatic nitrogens is 3. The maximum Gasteiger partial charge on any atom is 0.150 e. The summed E-state index contributed by atoms with van der Waals surface area (Å²) in [5.74, 6) is 0.511. The van der Waals surface area contributed by atoms with Crippen LogP contribution < -0.4 is 0 Å². The molecule has 114 valence electrons. The lowest BCUT2D eigenvalue weighted by Gasteiger charge is -2.09. The number of hydrogen-bond acceptors (Lipinski definition) is 2. The molecule has 0 radical (unpaired) electrons. The normalized spacial score (nSPS) is 11.5. The van der Waals surface area contributed by atoms with Gasteiger partial charge in [-0.3, -0.25) is 4.40 Å². The fourth-order valence-corrected chi connectivity index (χ4v) is 3.18. The third-order valence-electron chi connectivity index (χ3n) is 4.16. The quantitative estimate of drug-likeness (QED) is 0.514. The van der Waals surface area contributed by atoms with Crippen LogP contribution in [0.1, 0.15) is 17.0 Å². The summed E-state index contributed by atoms with van der Waals surface area (Å²) in [7, 11) is 0. The number of rotatable bonds is 1. The molecule has 0 aliphatic heterocycles. The van der Waals surface area contributed by atoms with Gasteiger partial charge >= 0.3 is 0 Å². The molecule has 0 unspecified atom stereocenters. The molecule has 3 nitrogen and oxygen atoms in total. The molecular weight excluding hydrogens is 289 g/mol. The summed E-state index contributed by atoms with van der Waals surface area (Å²) in [6, 6.07) is 13.2. The van der Waals surface area contributed by atoms with Crippen molar-refractivity contribution >= 4 is 16.6 Å². The fourth-order valence-electron chi connectivity index (χ4n) is 3.18. The van der Waals surface area contributed by atoms with Gasteiger partial charge in [-0.05, 0) is 39.0 Å². The van der Waals surface area contributed by atoms with Gasteiger partial charge in [-0.25, -0.2) is 14.4 Å². The molecule has 2 heterocycles. The SMILES string of the molecule is Cc1cccc(-c2nc(C)c3c(C)nc4c(F)cccc4n23)c1. The van der Waals surface area contributed by atoms with Gasteiger partial charge in [-0.1, -0.05) is 29.8 Å². The first-order valence-corrected chi connectivity index (χ1v) is 7.57. The van der Waals surface area contributed by atoms with E-state index < -0.39 is 0 Å². The molecule has 0 spiro atoms. The predicted molar refractivity (Wildman–Crippen MR) is 90.1 cm³/mol. The maximum atomic E-state index is 14.2. The summed E-state index contributed by atoms with van der Waals surface area (Å²) in [5.41, 5.74) is 5.93. The molecular formula is C19H16FN3. The second-order valence-electron chi connectivity index (χ2n) is 5.88. The predicted octanol–water partition coefficient (Wildman–Crippen LogP) is 4.61. The van der Waals surface area contributed by atoms with Crippen LogP contribution in [0.15, 0.2) is 42.5 Å². The van der Waals surface area contributed by atoms with Crippen molar-refractivity contribution < 1.29 is 4.39 Å². The van der Waals surface area contributed by atoms with E-state index >= 15 is 0 Å². The third-order valence-corrected chi connectivity index (χ3v) is 4.16. The summed E-state index contributed by atoms with van der Waals surface area (Å²) in [5, 5.41) is 0. The van der Waals surface area contributed by atoms with Crippen LogP contribution in [0.25, 0.3) is 27.9 Å². The van der Waals surface area contributed by atoms with Gasteiger partial charge in [0, 0.05) is 5.56 Å². The minimum Gasteiger partial charge on any atom is -0.289 e. The fraction of sp³-hybridized carbons (Fsp3) is 0.158. The number of imidazole rings is 1. The van der Waals surface area contributed by atoms with Crippen molar-refractivity contribution in [1.29, 1.82) is 0 Å². The van der Waals surface area contributed by atoms with E-state index in [1.54, 1.807) is 6.07 Å². The molecule has 23 heavy (non-hydrogen) atoms. The first kappa shape index (κ1) is 13.9. The van der Waals surface area contributed by atoms with Crippen molar-refractivity contribution in [2.75, 3.05) is 0 Å². The van der Waals surface area contributed by atoms with Gasteiger partial charge < -0.3 is 0 Å². The topological polar surface area (TPSA) is 30.2 Å². The highest BCUT2D eigenvalue weighted by atomic mass is 19.1. The summed E-state index contributed by atoms with van der Waals surface area (Å²) in [6.45, 7) is 5.92. The van der Waals surface area contributed by atoms with Gasteiger partial charge in [0.15, 0.2) is 5.82 Å². The van der Waals surface area contributed by atoms with E-state index in [4.69, 9.17) is 4.98 Å². The zero-order valence-electron chi connectivity index (χ0n) is 13.3. The molecule has 2 aromatic carbocycles. The number of para-hydroxylation sites is 1. The Bertz CT molecular complexity index is 1060. The highest BCUT2D eigenvalue weighted by Gasteiger charge is 2.17. The van der Waals surface area contributed by atoms with E-state index in [9.17, 15) is 4.39 Å². The lowest BCUT2D eigenvalue weighted by Crippen LogP contribution is -1.99. The van der Waals surface area contributed by atoms with Crippen LogP contribution >= 0.6 is 0 Å². The summed E-state index contributed by atoms with van der Waals surface area (Å²) < 4.78 is 16.2. The van der Waals surface area contributed by atoms with E-state index in [1.165, 1.54) is 6.07 Å². The molecule has 0 saturated heterocycles. The van der Waals surface area contributed by atoms with Crippen LogP contribution in [-0.2, 0) is 0 Å². The van der Waals surface area contributed by atoms with Crippen LogP contribution in [0.2, 0.25) is 0 Å². The third kappa shape index (κ3) is 2.02. The number of fused-ring (bicyclic) bond motifs is 3. The number of hydrogen-bond donors (Lipinski definition) is 0. The minimum atomic E-state index is -0.311. The van der Waals surface area contributed by atoms with Crippen molar-refractivity contribution in [3.05, 3.63) is 65.2 Å². The van der Waals surface area contributed by atoms with Crippen molar-refractivity contribution in [2.45, 2.75) is 20.8 Å². The standard InChI is InChI=1S/C19H16FN3/c1-11-6-4-7-14(10-11)19-22-13(3)18-12(2)21-17-15(20)8-5-9-16(17)23(18)19/h4-10H,1-3H3. The van der Waals surface area contributed by atoms with Crippen LogP contribution in [0.3, 0.4) is 0 Å². The zero-order valence-corrected chi connectivity index (χ0v) is 13.3. The van der Waals surface area contributed by atoms with Crippen molar-refractivity contribution in [1.82, 2.24) is 14.4 Å². The van der Waals surface area contributed by atoms with E-state index in [0.717, 1.165) is 39.4 Å². The Morgan fingerprint density at radius 3 is 2.43 bits per heavy atom. The lowest BCUT2D eigenvalue weighted by molar-refractivity contribution is 0.636. The number of nitrogens with zero attached hydrogens (tertiary/aromatic N) is 3. The van der Waals surface area contributed by atoms with Crippen LogP contribution in [0.5, 0.6) is 0 Å². The van der Waals surface area contributed by atoms with Crippen molar-refractivity contribution in [3.8, 4) is 11.4 Å². The van der Waals surface area contributed by atoms with Gasteiger partial charge in [-0.15, -0.1) is 0 Å². The largest absolute Gasteiger partial charge is 0.289 e. The molecule has 4 heteroatoms. The van der Waals surface area contributed by atoms with Gasteiger partial charge in [0.1, 0.15) is 11.3 Å². The average Bonchev–Trinajstić information content (AvgIpc) is 2.87. The lowest BCUT2D eigenvalue weighted by atomic mass is 10.1. The van der Waals surface area contributed by atoms with Crippen LogP contribution in [0, 0.1) is 26.6 Å². The molecule has 0 N–H and O–H groups in total. The number of benzene rings is 2. The molecule has 0 aliphatic rings. The highest BCUT2D eigenvalue weighted by molar-refractivity contribution is 5.84. The molecule has 0 amide bonds. The van der Waals surface area contributed by atoms with Gasteiger partial charge in [0.2, 0.25) is 0 Å². The average molecular weight is 305 g/mol. The van der Waals surface area contributed by atoms with Crippen LogP contribution in [-0.4, -0.2) is 14.4 Å². The minimum absolute atomic E-state index is 0.311. The second kappa shape index (κ2) is 4.88. The van der Waals surface area contributed by atoms with Gasteiger partial charge in [0.25, 0.3) is 0 Å². The molecule has 2 aromatic heterocycles. The Morgan fingerprint density at radius 1 is 0.913 bits per heavy atom. The monoisotopic (exact) mass is 305 g/mol. The summed E-state index contributed by atoms with van der Waals surface area (Å²) in [6.07, 6.45) is 0. The molecule has 0 atom stereocenters. The highest BCUT2D eigenvalue weighted by Crippen LogP contribution is 2.29. The molecule has 0 aliphatic carbocycles. The smallest absolute Gasteiger partial charge is 0.150 e. The molecule has 0 fully saturated rings. The number of aryl methyl sites for hydroxylation is 3. The Hall–Kier alpha value is -2.75. The Balaban J connectivity index is 2.22. The summed E-state index contributed by atoms with van der Waals surface area (Å²) in [4.78, 5) is 9.20. The first-order chi connectivity index (χ1) is 11.1. The van der Waals surface area contributed by atoms with E-state index in [2.05, 4.69) is 24.0 Å².